The third-order valence-electron chi connectivity index (χ3n) is 14.5. The third-order valence-corrected chi connectivity index (χ3v) is 17.6. The van der Waals surface area contributed by atoms with Gasteiger partial charge in [0.05, 0.1) is 67.3 Å². The van der Waals surface area contributed by atoms with E-state index in [0.717, 1.165) is 26.7 Å². The highest BCUT2D eigenvalue weighted by molar-refractivity contribution is 6.77. The van der Waals surface area contributed by atoms with Gasteiger partial charge in [0, 0.05) is 34.6 Å². The van der Waals surface area contributed by atoms with E-state index in [9.17, 15) is 67.1 Å². The molecule has 4 aliphatic rings. The van der Waals surface area contributed by atoms with E-state index in [2.05, 4.69) is 0 Å². The predicted molar refractivity (Wildman–Crippen MR) is 296 cm³/mol. The first-order valence-corrected chi connectivity index (χ1v) is 29.1. The summed E-state index contributed by atoms with van der Waals surface area (Å²) in [6.07, 6.45) is 0. The van der Waals surface area contributed by atoms with Crippen molar-refractivity contribution in [3.05, 3.63) is 237 Å². The number of hydrogen-bond donors (Lipinski definition) is 4. The van der Waals surface area contributed by atoms with Gasteiger partial charge in [-0.05, 0) is 133 Å². The molecule has 8 aromatic rings. The Kier molecular flexibility index (Phi) is 12.3. The van der Waals surface area contributed by atoms with Crippen LogP contribution in [0.15, 0.2) is 170 Å². The molecule has 22 heteroatoms. The summed E-state index contributed by atoms with van der Waals surface area (Å²) in [5.74, 6) is -5.96. The first-order chi connectivity index (χ1) is 39.1. The Bertz CT molecular complexity index is 4230. The van der Waals surface area contributed by atoms with Crippen molar-refractivity contribution in [1.82, 2.24) is 0 Å². The zero-order valence-electron chi connectivity index (χ0n) is 42.6. The molecule has 0 bridgehead atoms. The Labute approximate surface area is 465 Å². The second-order valence-electron chi connectivity index (χ2n) is 19.5. The zero-order valence-corrected chi connectivity index (χ0v) is 44.6. The second kappa shape index (κ2) is 19.2. The molecule has 0 saturated heterocycles. The number of carbonyl (C=O) groups excluding carboxylic acids is 10. The fourth-order valence-corrected chi connectivity index (χ4v) is 11.8. The summed E-state index contributed by atoms with van der Waals surface area (Å²) >= 11 is 0. The minimum Gasteiger partial charge on any atom is -0.457 e. The summed E-state index contributed by atoms with van der Waals surface area (Å²) in [6, 6.07) is 39.2. The summed E-state index contributed by atoms with van der Waals surface area (Å²) in [5.41, 5.74) is 0.960. The van der Waals surface area contributed by atoms with E-state index in [4.69, 9.17) is 9.16 Å². The monoisotopic (exact) mass is 1130 g/mol. The van der Waals surface area contributed by atoms with Gasteiger partial charge in [-0.3, -0.25) is 47.9 Å². The molecule has 0 spiro atoms. The quantitative estimate of drug-likeness (QED) is 0.0657. The number of imide groups is 4. The van der Waals surface area contributed by atoms with Gasteiger partial charge in [-0.2, -0.15) is 0 Å². The van der Waals surface area contributed by atoms with E-state index in [0.29, 0.717) is 11.5 Å². The fourth-order valence-electron chi connectivity index (χ4n) is 10.1. The fraction of sp³-hybridized carbons (Fsp3) is 0.0333. The van der Waals surface area contributed by atoms with Crippen molar-refractivity contribution in [1.29, 1.82) is 0 Å². The number of rotatable bonds is 13. The number of ether oxygens (including phenoxy) is 1. The van der Waals surface area contributed by atoms with Gasteiger partial charge in [-0.1, -0.05) is 48.5 Å². The van der Waals surface area contributed by atoms with E-state index in [1.54, 1.807) is 0 Å². The highest BCUT2D eigenvalue weighted by Crippen LogP contribution is 2.37. The number of amides is 8. The Balaban J connectivity index is 0.688. The summed E-state index contributed by atoms with van der Waals surface area (Å²) in [4.78, 5) is 180. The van der Waals surface area contributed by atoms with E-state index >= 15 is 0 Å². The molecule has 0 atom stereocenters. The SMILES string of the molecule is CO[Si](O)(O)c1ccc(N2C(=O)c3ccc(C(=O)c4ccc5c(c4)C(=O)N(c4ccc(Oc6ccc(N7C(=O)c8ccc(C(=O)c9ccc%10c(c9)C(=O)N(c9ccc([Si](C)(O)O)cc9)C%10=O)cc8C7=O)cc6)cc4)C5=O)cc3C2=O)cc1. The van der Waals surface area contributed by atoms with Gasteiger partial charge in [-0.15, -0.1) is 0 Å². The van der Waals surface area contributed by atoms with Crippen LogP contribution >= 0.6 is 0 Å². The number of hydrogen-bond acceptors (Lipinski definition) is 16. The second-order valence-corrected chi connectivity index (χ2v) is 24.3. The number of anilines is 4. The average Bonchev–Trinajstić information content (AvgIpc) is 4.21. The Morgan fingerprint density at radius 3 is 0.841 bits per heavy atom. The largest absolute Gasteiger partial charge is 0.531 e. The number of fused-ring (bicyclic) bond motifs is 4. The minimum absolute atomic E-state index is 0.0240. The van der Waals surface area contributed by atoms with Crippen LogP contribution in [0.2, 0.25) is 6.55 Å². The van der Waals surface area contributed by atoms with Crippen molar-refractivity contribution in [2.45, 2.75) is 6.55 Å². The summed E-state index contributed by atoms with van der Waals surface area (Å²) in [6.45, 7) is 1.30. The maximum Gasteiger partial charge on any atom is 0.531 e. The van der Waals surface area contributed by atoms with Crippen molar-refractivity contribution in [3.8, 4) is 11.5 Å². The molecule has 0 unspecified atom stereocenters. The van der Waals surface area contributed by atoms with E-state index in [1.165, 1.54) is 176 Å². The Morgan fingerprint density at radius 1 is 0.341 bits per heavy atom. The molecule has 8 aromatic carbocycles. The molecule has 0 saturated carbocycles. The summed E-state index contributed by atoms with van der Waals surface area (Å²) < 4.78 is 10.8. The lowest BCUT2D eigenvalue weighted by molar-refractivity contribution is 0.0910. The highest BCUT2D eigenvalue weighted by atomic mass is 28.4. The molecule has 0 radical (unpaired) electrons. The maximum atomic E-state index is 13.8. The van der Waals surface area contributed by atoms with Crippen LogP contribution in [0.25, 0.3) is 0 Å². The van der Waals surface area contributed by atoms with Crippen LogP contribution in [-0.2, 0) is 4.43 Å². The third kappa shape index (κ3) is 8.50. The lowest BCUT2D eigenvalue weighted by atomic mass is 9.96. The van der Waals surface area contributed by atoms with Gasteiger partial charge >= 0.3 is 17.4 Å². The van der Waals surface area contributed by atoms with Crippen LogP contribution in [0, 0.1) is 0 Å². The van der Waals surface area contributed by atoms with Crippen LogP contribution in [0.5, 0.6) is 11.5 Å². The molecular weight excluding hydrogens is 1090 g/mol. The molecule has 4 aliphatic heterocycles. The van der Waals surface area contributed by atoms with Gasteiger partial charge < -0.3 is 28.3 Å². The molecule has 402 valence electrons. The van der Waals surface area contributed by atoms with Crippen molar-refractivity contribution in [2.24, 2.45) is 0 Å². The first kappa shape index (κ1) is 52.4. The van der Waals surface area contributed by atoms with E-state index < -0.39 is 76.2 Å². The number of ketones is 2. The normalized spacial score (nSPS) is 14.7. The van der Waals surface area contributed by atoms with Crippen molar-refractivity contribution < 1.29 is 76.3 Å². The minimum atomic E-state index is -4.15. The Morgan fingerprint density at radius 2 is 0.585 bits per heavy atom. The molecule has 82 heavy (non-hydrogen) atoms. The van der Waals surface area contributed by atoms with Gasteiger partial charge in [0.25, 0.3) is 47.3 Å². The van der Waals surface area contributed by atoms with Crippen LogP contribution in [0.3, 0.4) is 0 Å². The molecule has 4 N–H and O–H groups in total. The number of benzene rings is 8. The Hall–Kier alpha value is -10.3. The molecule has 4 heterocycles. The highest BCUT2D eigenvalue weighted by Gasteiger charge is 2.42. The van der Waals surface area contributed by atoms with Gasteiger partial charge in [-0.25, -0.2) is 19.6 Å². The van der Waals surface area contributed by atoms with Crippen molar-refractivity contribution in [3.63, 3.8) is 0 Å². The molecule has 0 aromatic heterocycles. The van der Waals surface area contributed by atoms with Crippen LogP contribution < -0.4 is 34.7 Å². The zero-order chi connectivity index (χ0) is 57.8. The smallest absolute Gasteiger partial charge is 0.457 e. The lowest BCUT2D eigenvalue weighted by Crippen LogP contribution is -2.50. The summed E-state index contributed by atoms with van der Waals surface area (Å²) in [5, 5.41) is 0.367. The summed E-state index contributed by atoms with van der Waals surface area (Å²) in [7, 11) is -6.64. The molecule has 12 rings (SSSR count). The van der Waals surface area contributed by atoms with Crippen LogP contribution in [0.4, 0.5) is 22.7 Å². The van der Waals surface area contributed by atoms with E-state index in [-0.39, 0.29) is 99.9 Å². The van der Waals surface area contributed by atoms with Gasteiger partial charge in [0.15, 0.2) is 11.6 Å². The topological polar surface area (TPSA) is 283 Å². The van der Waals surface area contributed by atoms with Crippen molar-refractivity contribution in [2.75, 3.05) is 26.7 Å². The lowest BCUT2D eigenvalue weighted by Gasteiger charge is -2.17. The van der Waals surface area contributed by atoms with E-state index in [1.807, 2.05) is 0 Å². The first-order valence-electron chi connectivity index (χ1n) is 24.9. The number of nitrogens with zero attached hydrogens (tertiary/aromatic N) is 4. The number of carbonyl (C=O) groups is 10. The molecule has 0 aliphatic carbocycles. The molecular formula is C60H38N4O16Si2. The van der Waals surface area contributed by atoms with Crippen LogP contribution in [-0.4, -0.2) is 102 Å². The standard InChI is InChI=1S/C60H38N4O16Si2/c1-79-82(77,78)42-21-13-38(14-22-42)64-56(70)46-26-6-34(30-50(46)60(64)74)52(66)32-4-24-44-48(28-32)58(72)62(54(44)68)36-9-17-40(18-10-36)80-39-15-7-35(8-16-39)61-53(67)43-23-3-31(27-47(43)57(61)71)51(65)33-5-25-45-49(29-33)59(73)63(55(45)69)37-11-19-41(20-12-37)81(2,75)76/h3-30,75-78H,1-2H3. The molecule has 0 fully saturated rings. The average molecular weight is 1130 g/mol. The predicted octanol–water partition coefficient (Wildman–Crippen LogP) is 5.18. The van der Waals surface area contributed by atoms with Gasteiger partial charge in [0.1, 0.15) is 11.5 Å². The molecule has 20 nitrogen and oxygen atoms in total. The van der Waals surface area contributed by atoms with Crippen LogP contribution in [0.1, 0.15) is 115 Å². The molecule has 8 amide bonds. The maximum absolute atomic E-state index is 13.8. The van der Waals surface area contributed by atoms with Gasteiger partial charge in [0.2, 0.25) is 0 Å². The van der Waals surface area contributed by atoms with Crippen molar-refractivity contribution >= 4 is 109 Å².